The van der Waals surface area contributed by atoms with Crippen molar-refractivity contribution in [2.45, 2.75) is 50.9 Å². The van der Waals surface area contributed by atoms with E-state index < -0.39 is 35.2 Å². The summed E-state index contributed by atoms with van der Waals surface area (Å²) in [7, 11) is 0. The van der Waals surface area contributed by atoms with Crippen LogP contribution < -0.4 is 10.1 Å². The second kappa shape index (κ2) is 8.65. The predicted molar refractivity (Wildman–Crippen MR) is 122 cm³/mol. The summed E-state index contributed by atoms with van der Waals surface area (Å²) in [4.78, 5) is 25.0. The number of nitrogens with one attached hydrogen (secondary N) is 1. The van der Waals surface area contributed by atoms with Gasteiger partial charge in [-0.25, -0.2) is 9.18 Å². The number of anilines is 1. The Labute approximate surface area is 203 Å². The first-order valence-corrected chi connectivity index (χ1v) is 11.0. The number of nitrogens with zero attached hydrogens (tertiary/aromatic N) is 2. The van der Waals surface area contributed by atoms with Gasteiger partial charge in [0.25, 0.3) is 0 Å². The van der Waals surface area contributed by atoms with Crippen LogP contribution >= 0.6 is 0 Å². The van der Waals surface area contributed by atoms with Crippen molar-refractivity contribution in [3.05, 3.63) is 65.7 Å². The highest BCUT2D eigenvalue weighted by Gasteiger charge is 2.53. The molecular formula is C25H23F4N3O4. The second-order valence-electron chi connectivity index (χ2n) is 9.64. The molecular weight excluding hydrogens is 482 g/mol. The Morgan fingerprint density at radius 3 is 2.33 bits per heavy atom. The molecule has 7 nitrogen and oxygen atoms in total. The van der Waals surface area contributed by atoms with Crippen molar-refractivity contribution in [3.8, 4) is 16.9 Å². The number of carbonyl (C=O) groups is 2. The summed E-state index contributed by atoms with van der Waals surface area (Å²) in [5.41, 5.74) is -0.513. The molecule has 2 N–H and O–H groups in total. The molecule has 4 rings (SSSR count). The Balaban J connectivity index is 1.58. The third kappa shape index (κ3) is 5.05. The molecule has 0 saturated heterocycles. The quantitative estimate of drug-likeness (QED) is 0.419. The van der Waals surface area contributed by atoms with Gasteiger partial charge in [0.15, 0.2) is 0 Å². The van der Waals surface area contributed by atoms with E-state index in [2.05, 4.69) is 15.2 Å². The summed E-state index contributed by atoms with van der Waals surface area (Å²) in [6.07, 6.45) is -1.12. The van der Waals surface area contributed by atoms with Gasteiger partial charge in [-0.1, -0.05) is 12.1 Å². The lowest BCUT2D eigenvalue weighted by Gasteiger charge is -2.19. The van der Waals surface area contributed by atoms with Gasteiger partial charge in [0.05, 0.1) is 22.7 Å². The number of hydrogen-bond donors (Lipinski definition) is 2. The minimum Gasteiger partial charge on any atom is -0.478 e. The van der Waals surface area contributed by atoms with Crippen LogP contribution in [0.3, 0.4) is 0 Å². The molecule has 0 bridgehead atoms. The van der Waals surface area contributed by atoms with Crippen molar-refractivity contribution in [2.24, 2.45) is 0 Å². The standard InChI is InChI=1S/C25H23F4N3O4/c1-23(2,3)32-13-14(12-30-32)17-6-4-15(10-18(17)21(33)34)31-22(35)24(8-9-24)19-7-5-16(11-20(19)26)36-25(27,28)29/h4-7,10-13H,8-9H2,1-3H3,(H,31,35)(H,33,34). The minimum absolute atomic E-state index is 0.0563. The number of hydrogen-bond acceptors (Lipinski definition) is 4. The van der Waals surface area contributed by atoms with Gasteiger partial charge in [0.2, 0.25) is 5.91 Å². The third-order valence-corrected chi connectivity index (χ3v) is 5.96. The highest BCUT2D eigenvalue weighted by Crippen LogP contribution is 2.50. The first-order valence-electron chi connectivity index (χ1n) is 11.0. The number of carbonyl (C=O) groups excluding carboxylic acids is 1. The van der Waals surface area contributed by atoms with Gasteiger partial charge in [-0.15, -0.1) is 13.2 Å². The van der Waals surface area contributed by atoms with Gasteiger partial charge in [-0.05, 0) is 57.4 Å². The molecule has 0 aliphatic heterocycles. The second-order valence-corrected chi connectivity index (χ2v) is 9.64. The van der Waals surface area contributed by atoms with Crippen molar-refractivity contribution in [1.29, 1.82) is 0 Å². The van der Waals surface area contributed by atoms with Gasteiger partial charge in [-0.3, -0.25) is 9.48 Å². The number of rotatable bonds is 6. The molecule has 1 amide bonds. The molecule has 190 valence electrons. The fourth-order valence-corrected chi connectivity index (χ4v) is 3.95. The number of carboxylic acid groups (broad SMARTS) is 1. The molecule has 2 aromatic carbocycles. The minimum atomic E-state index is -4.97. The average molecular weight is 505 g/mol. The van der Waals surface area contributed by atoms with E-state index in [9.17, 15) is 32.3 Å². The number of aromatic nitrogens is 2. The van der Waals surface area contributed by atoms with E-state index in [4.69, 9.17) is 0 Å². The van der Waals surface area contributed by atoms with Crippen LogP contribution in [0.15, 0.2) is 48.8 Å². The zero-order chi connectivity index (χ0) is 26.5. The van der Waals surface area contributed by atoms with Crippen LogP contribution in [0.4, 0.5) is 23.2 Å². The van der Waals surface area contributed by atoms with Crippen LogP contribution in [-0.2, 0) is 15.7 Å². The summed E-state index contributed by atoms with van der Waals surface area (Å²) < 4.78 is 57.3. The zero-order valence-electron chi connectivity index (χ0n) is 19.6. The van der Waals surface area contributed by atoms with Gasteiger partial charge in [-0.2, -0.15) is 5.10 Å². The molecule has 1 aliphatic rings. The van der Waals surface area contributed by atoms with E-state index in [0.29, 0.717) is 17.2 Å². The summed E-state index contributed by atoms with van der Waals surface area (Å²) in [6, 6.07) is 7.02. The number of carboxylic acids is 1. The van der Waals surface area contributed by atoms with Crippen LogP contribution in [0, 0.1) is 5.82 Å². The Morgan fingerprint density at radius 2 is 1.81 bits per heavy atom. The lowest BCUT2D eigenvalue weighted by Crippen LogP contribution is -2.29. The summed E-state index contributed by atoms with van der Waals surface area (Å²) in [6.45, 7) is 5.86. The highest BCUT2D eigenvalue weighted by atomic mass is 19.4. The van der Waals surface area contributed by atoms with Gasteiger partial charge in [0.1, 0.15) is 11.6 Å². The fourth-order valence-electron chi connectivity index (χ4n) is 3.95. The summed E-state index contributed by atoms with van der Waals surface area (Å²) in [5, 5.41) is 16.7. The molecule has 1 fully saturated rings. The first kappa shape index (κ1) is 25.2. The van der Waals surface area contributed by atoms with Crippen LogP contribution in [0.2, 0.25) is 0 Å². The van der Waals surface area contributed by atoms with E-state index >= 15 is 0 Å². The average Bonchev–Trinajstić information content (AvgIpc) is 3.39. The van der Waals surface area contributed by atoms with Crippen molar-refractivity contribution in [3.63, 3.8) is 0 Å². The Bertz CT molecular complexity index is 1340. The molecule has 0 radical (unpaired) electrons. The largest absolute Gasteiger partial charge is 0.573 e. The smallest absolute Gasteiger partial charge is 0.478 e. The third-order valence-electron chi connectivity index (χ3n) is 5.96. The van der Waals surface area contributed by atoms with Crippen LogP contribution in [-0.4, -0.2) is 33.1 Å². The monoisotopic (exact) mass is 505 g/mol. The summed E-state index contributed by atoms with van der Waals surface area (Å²) in [5.74, 6) is -3.52. The number of aromatic carboxylic acids is 1. The topological polar surface area (TPSA) is 93.5 Å². The van der Waals surface area contributed by atoms with Crippen molar-refractivity contribution < 1.29 is 37.0 Å². The van der Waals surface area contributed by atoms with Gasteiger partial charge in [0, 0.05) is 29.1 Å². The maximum Gasteiger partial charge on any atom is 0.573 e. The van der Waals surface area contributed by atoms with E-state index in [0.717, 1.165) is 12.1 Å². The highest BCUT2D eigenvalue weighted by molar-refractivity contribution is 6.03. The van der Waals surface area contributed by atoms with Crippen molar-refractivity contribution >= 4 is 17.6 Å². The number of ether oxygens (including phenoxy) is 1. The predicted octanol–water partition coefficient (Wildman–Crippen LogP) is 5.71. The van der Waals surface area contributed by atoms with Crippen LogP contribution in [0.5, 0.6) is 5.75 Å². The van der Waals surface area contributed by atoms with Crippen LogP contribution in [0.1, 0.15) is 49.5 Å². The van der Waals surface area contributed by atoms with E-state index in [-0.39, 0.29) is 35.2 Å². The molecule has 0 spiro atoms. The maximum absolute atomic E-state index is 14.6. The fraction of sp³-hybridized carbons (Fsp3) is 0.320. The van der Waals surface area contributed by atoms with Crippen molar-refractivity contribution in [2.75, 3.05) is 5.32 Å². The van der Waals surface area contributed by atoms with E-state index in [1.54, 1.807) is 23.1 Å². The van der Waals surface area contributed by atoms with Gasteiger partial charge < -0.3 is 15.2 Å². The Kier molecular flexibility index (Phi) is 6.06. The van der Waals surface area contributed by atoms with Crippen molar-refractivity contribution in [1.82, 2.24) is 9.78 Å². The zero-order valence-corrected chi connectivity index (χ0v) is 19.6. The Hall–Kier alpha value is -3.89. The SMILES string of the molecule is CC(C)(C)n1cc(-c2ccc(NC(=O)C3(c4ccc(OC(F)(F)F)cc4F)CC3)cc2C(=O)O)cn1. The normalized spacial score (nSPS) is 14.9. The number of alkyl halides is 3. The molecule has 0 unspecified atom stereocenters. The molecule has 0 atom stereocenters. The van der Waals surface area contributed by atoms with E-state index in [1.165, 1.54) is 12.1 Å². The molecule has 1 aliphatic carbocycles. The molecule has 11 heteroatoms. The maximum atomic E-state index is 14.6. The molecule has 1 heterocycles. The lowest BCUT2D eigenvalue weighted by atomic mass is 9.94. The lowest BCUT2D eigenvalue weighted by molar-refractivity contribution is -0.274. The van der Waals surface area contributed by atoms with Crippen LogP contribution in [0.25, 0.3) is 11.1 Å². The summed E-state index contributed by atoms with van der Waals surface area (Å²) >= 11 is 0. The molecule has 3 aromatic rings. The molecule has 36 heavy (non-hydrogen) atoms. The Morgan fingerprint density at radius 1 is 1.11 bits per heavy atom. The molecule has 1 saturated carbocycles. The van der Waals surface area contributed by atoms with E-state index in [1.807, 2.05) is 20.8 Å². The molecule has 1 aromatic heterocycles. The first-order chi connectivity index (χ1) is 16.7. The number of benzene rings is 2. The number of amides is 1. The van der Waals surface area contributed by atoms with Gasteiger partial charge >= 0.3 is 12.3 Å². The number of halogens is 4.